The van der Waals surface area contributed by atoms with E-state index in [4.69, 9.17) is 14.4 Å². The second-order valence-electron chi connectivity index (χ2n) is 14.1. The van der Waals surface area contributed by atoms with Crippen LogP contribution in [-0.2, 0) is 0 Å². The summed E-state index contributed by atoms with van der Waals surface area (Å²) in [4.78, 5) is 10.7. The molecule has 4 heterocycles. The minimum absolute atomic E-state index is 0.425. The summed E-state index contributed by atoms with van der Waals surface area (Å²) in [5.41, 5.74) is 7.07. The fourth-order valence-corrected chi connectivity index (χ4v) is 10.8. The Hall–Kier alpha value is -6.60. The van der Waals surface area contributed by atoms with E-state index in [0.29, 0.717) is 5.84 Å². The molecule has 0 aliphatic carbocycles. The Bertz CT molecular complexity index is 3440. The summed E-state index contributed by atoms with van der Waals surface area (Å²) in [6, 6.07) is 58.3. The number of thiophene rings is 2. The number of para-hydroxylation sites is 1. The number of hydrogen-bond donors (Lipinski definition) is 1. The third-order valence-corrected chi connectivity index (χ3v) is 13.2. The molecule has 1 aliphatic heterocycles. The molecule has 6 heteroatoms. The average Bonchev–Trinajstić information content (AvgIpc) is 3.95. The van der Waals surface area contributed by atoms with E-state index < -0.39 is 6.17 Å². The predicted octanol–water partition coefficient (Wildman–Crippen LogP) is 13.6. The molecule has 3 aromatic heterocycles. The number of amidine groups is 2. The predicted molar refractivity (Wildman–Crippen MR) is 234 cm³/mol. The van der Waals surface area contributed by atoms with Crippen molar-refractivity contribution in [1.29, 1.82) is 0 Å². The first-order valence-electron chi connectivity index (χ1n) is 18.4. The minimum Gasteiger partial charge on any atom is -0.455 e. The van der Waals surface area contributed by atoms with Crippen LogP contribution < -0.4 is 5.32 Å². The van der Waals surface area contributed by atoms with Crippen molar-refractivity contribution in [3.63, 3.8) is 0 Å². The molecule has 11 aromatic rings. The first-order valence-corrected chi connectivity index (χ1v) is 20.1. The molecule has 1 N–H and O–H groups in total. The van der Waals surface area contributed by atoms with Gasteiger partial charge in [0.15, 0.2) is 5.84 Å². The quantitative estimate of drug-likeness (QED) is 0.195. The molecule has 12 rings (SSSR count). The zero-order chi connectivity index (χ0) is 36.0. The van der Waals surface area contributed by atoms with Crippen LogP contribution in [0, 0.1) is 0 Å². The van der Waals surface area contributed by atoms with Crippen LogP contribution in [0.5, 0.6) is 0 Å². The van der Waals surface area contributed by atoms with Gasteiger partial charge in [-0.25, -0.2) is 9.98 Å². The van der Waals surface area contributed by atoms with Crippen molar-refractivity contribution in [3.05, 3.63) is 180 Å². The standard InChI is InChI=1S/C49H29N3OS2/c1-2-12-29-27-30(26-25-28(29)11-1)47-50-48(52-49(51-47)37-19-10-24-42-45(37)34-14-4-6-22-40(34)55-42)36-18-8-20-38-43(36)35-17-7-16-32(46(35)53-38)31-15-9-23-41-44(31)33-13-3-5-21-39(33)54-41/h1-27,48H,(H,50,51,52). The lowest BCUT2D eigenvalue weighted by molar-refractivity contribution is 0.663. The van der Waals surface area contributed by atoms with E-state index in [-0.39, 0.29) is 0 Å². The van der Waals surface area contributed by atoms with Crippen LogP contribution in [0.1, 0.15) is 22.9 Å². The highest BCUT2D eigenvalue weighted by molar-refractivity contribution is 7.26. The van der Waals surface area contributed by atoms with Gasteiger partial charge >= 0.3 is 0 Å². The summed E-state index contributed by atoms with van der Waals surface area (Å²) in [7, 11) is 0. The Morgan fingerprint density at radius 3 is 1.91 bits per heavy atom. The summed E-state index contributed by atoms with van der Waals surface area (Å²) in [6.07, 6.45) is -0.425. The van der Waals surface area contributed by atoms with Crippen molar-refractivity contribution in [2.45, 2.75) is 6.17 Å². The lowest BCUT2D eigenvalue weighted by atomic mass is 9.96. The number of nitrogens with zero attached hydrogens (tertiary/aromatic N) is 2. The number of rotatable bonds is 4. The maximum Gasteiger partial charge on any atom is 0.159 e. The van der Waals surface area contributed by atoms with Crippen LogP contribution in [0.15, 0.2) is 178 Å². The maximum atomic E-state index is 6.87. The van der Waals surface area contributed by atoms with Gasteiger partial charge in [0.2, 0.25) is 0 Å². The molecule has 0 bridgehead atoms. The van der Waals surface area contributed by atoms with Gasteiger partial charge in [0.05, 0.1) is 0 Å². The fourth-order valence-electron chi connectivity index (χ4n) is 8.49. The van der Waals surface area contributed by atoms with Gasteiger partial charge in [-0.15, -0.1) is 22.7 Å². The minimum atomic E-state index is -0.425. The molecule has 0 saturated carbocycles. The summed E-state index contributed by atoms with van der Waals surface area (Å²) in [5.74, 6) is 1.50. The molecular weight excluding hydrogens is 711 g/mol. The highest BCUT2D eigenvalue weighted by Gasteiger charge is 2.27. The molecule has 0 fully saturated rings. The Morgan fingerprint density at radius 1 is 0.491 bits per heavy atom. The van der Waals surface area contributed by atoms with Crippen LogP contribution in [0.4, 0.5) is 0 Å². The van der Waals surface area contributed by atoms with Crippen LogP contribution in [0.2, 0.25) is 0 Å². The van der Waals surface area contributed by atoms with Gasteiger partial charge < -0.3 is 9.73 Å². The molecule has 0 radical (unpaired) electrons. The third-order valence-electron chi connectivity index (χ3n) is 10.9. The Balaban J connectivity index is 1.07. The van der Waals surface area contributed by atoms with Gasteiger partial charge in [-0.2, -0.15) is 0 Å². The van der Waals surface area contributed by atoms with Gasteiger partial charge in [0.25, 0.3) is 0 Å². The normalized spacial score (nSPS) is 14.7. The van der Waals surface area contributed by atoms with E-state index in [1.165, 1.54) is 51.3 Å². The molecule has 0 amide bonds. The second-order valence-corrected chi connectivity index (χ2v) is 16.2. The first-order chi connectivity index (χ1) is 27.2. The van der Waals surface area contributed by atoms with Gasteiger partial charge in [-0.05, 0) is 52.7 Å². The summed E-state index contributed by atoms with van der Waals surface area (Å²) in [6.45, 7) is 0. The van der Waals surface area contributed by atoms with E-state index >= 15 is 0 Å². The van der Waals surface area contributed by atoms with Crippen molar-refractivity contribution >= 4 is 107 Å². The molecule has 1 aliphatic rings. The summed E-state index contributed by atoms with van der Waals surface area (Å²) >= 11 is 3.65. The zero-order valence-corrected chi connectivity index (χ0v) is 30.9. The number of hydrogen-bond acceptors (Lipinski definition) is 6. The first kappa shape index (κ1) is 30.8. The lowest BCUT2D eigenvalue weighted by Crippen LogP contribution is -2.33. The molecule has 1 unspecified atom stereocenters. The van der Waals surface area contributed by atoms with Crippen LogP contribution in [0.25, 0.3) is 84.2 Å². The molecule has 8 aromatic carbocycles. The number of fused-ring (bicyclic) bond motifs is 10. The monoisotopic (exact) mass is 739 g/mol. The van der Waals surface area contributed by atoms with Crippen LogP contribution in [-0.4, -0.2) is 11.7 Å². The summed E-state index contributed by atoms with van der Waals surface area (Å²) < 4.78 is 11.9. The van der Waals surface area contributed by atoms with Crippen molar-refractivity contribution in [2.24, 2.45) is 9.98 Å². The van der Waals surface area contributed by atoms with Crippen LogP contribution in [0.3, 0.4) is 0 Å². The maximum absolute atomic E-state index is 6.87. The smallest absolute Gasteiger partial charge is 0.159 e. The molecule has 55 heavy (non-hydrogen) atoms. The molecule has 1 atom stereocenters. The second kappa shape index (κ2) is 12.0. The van der Waals surface area contributed by atoms with E-state index in [0.717, 1.165) is 55.4 Å². The van der Waals surface area contributed by atoms with Gasteiger partial charge in [0, 0.05) is 73.4 Å². The lowest BCUT2D eigenvalue weighted by Gasteiger charge is -2.24. The van der Waals surface area contributed by atoms with Gasteiger partial charge in [0.1, 0.15) is 23.2 Å². The van der Waals surface area contributed by atoms with Gasteiger partial charge in [-0.3, -0.25) is 0 Å². The summed E-state index contributed by atoms with van der Waals surface area (Å²) in [5, 5.41) is 13.3. The topological polar surface area (TPSA) is 49.9 Å². The number of aliphatic imine (C=N–C) groups is 2. The molecule has 4 nitrogen and oxygen atoms in total. The Labute approximate surface area is 323 Å². The highest BCUT2D eigenvalue weighted by atomic mass is 32.1. The SMILES string of the molecule is c1ccc2cc(C3=NC(c4cccc5oc6c(-c7cccc8sc9ccccc9c78)cccc6c45)NC(c4cccc5sc6ccccc6c45)=N3)ccc2c1. The average molecular weight is 740 g/mol. The number of benzene rings is 8. The largest absolute Gasteiger partial charge is 0.455 e. The third kappa shape index (κ3) is 4.75. The molecule has 258 valence electrons. The van der Waals surface area contributed by atoms with E-state index in [9.17, 15) is 0 Å². The number of nitrogens with one attached hydrogen (secondary N) is 1. The van der Waals surface area contributed by atoms with Crippen molar-refractivity contribution in [1.82, 2.24) is 5.32 Å². The van der Waals surface area contributed by atoms with Crippen molar-refractivity contribution < 1.29 is 4.42 Å². The number of furan rings is 1. The van der Waals surface area contributed by atoms with Crippen LogP contribution >= 0.6 is 22.7 Å². The van der Waals surface area contributed by atoms with E-state index in [1.54, 1.807) is 0 Å². The Morgan fingerprint density at radius 2 is 1.11 bits per heavy atom. The zero-order valence-electron chi connectivity index (χ0n) is 29.3. The molecule has 0 spiro atoms. The van der Waals surface area contributed by atoms with E-state index in [2.05, 4.69) is 169 Å². The highest BCUT2D eigenvalue weighted by Crippen LogP contribution is 2.45. The fraction of sp³-hybridized carbons (Fsp3) is 0.0204. The Kier molecular flexibility index (Phi) is 6.70. The molecule has 0 saturated heterocycles. The van der Waals surface area contributed by atoms with Crippen molar-refractivity contribution in [3.8, 4) is 11.1 Å². The van der Waals surface area contributed by atoms with Crippen molar-refractivity contribution in [2.75, 3.05) is 0 Å². The van der Waals surface area contributed by atoms with Gasteiger partial charge in [-0.1, -0.05) is 127 Å². The van der Waals surface area contributed by atoms with E-state index in [1.807, 2.05) is 22.7 Å². The molecular formula is C49H29N3OS2.